The highest BCUT2D eigenvalue weighted by Crippen LogP contribution is 2.10. The smallest absolute Gasteiger partial charge is 0.270 e. The fourth-order valence-corrected chi connectivity index (χ4v) is 3.13. The quantitative estimate of drug-likeness (QED) is 0.829. The Balaban J connectivity index is 1.55. The van der Waals surface area contributed by atoms with Crippen molar-refractivity contribution in [3.8, 4) is 0 Å². The lowest BCUT2D eigenvalue weighted by Gasteiger charge is -2.23. The molecule has 1 fully saturated rings. The van der Waals surface area contributed by atoms with Gasteiger partial charge in [0.25, 0.3) is 5.91 Å². The van der Waals surface area contributed by atoms with Gasteiger partial charge in [-0.05, 0) is 18.1 Å². The van der Waals surface area contributed by atoms with Crippen LogP contribution in [0.25, 0.3) is 0 Å². The molecule has 0 spiro atoms. The number of hydrogen-bond acceptors (Lipinski definition) is 4. The number of carbonyl (C=O) groups excluding carboxylic acids is 3. The SMILES string of the molecule is Cn1ccc(CC(=O)N2CCCN(C(=O)C3=NNC(=O)CC3)CC2)c1. The minimum atomic E-state index is -0.162. The van der Waals surface area contributed by atoms with E-state index in [1.807, 2.05) is 35.0 Å². The molecule has 1 saturated heterocycles. The Labute approximate surface area is 146 Å². The maximum absolute atomic E-state index is 12.5. The first-order chi connectivity index (χ1) is 12.0. The maximum atomic E-state index is 12.5. The molecular formula is C17H23N5O3. The second-order valence-electron chi connectivity index (χ2n) is 6.48. The van der Waals surface area contributed by atoms with Gasteiger partial charge >= 0.3 is 0 Å². The summed E-state index contributed by atoms with van der Waals surface area (Å²) in [7, 11) is 1.93. The minimum Gasteiger partial charge on any atom is -0.357 e. The zero-order valence-corrected chi connectivity index (χ0v) is 14.4. The molecule has 134 valence electrons. The van der Waals surface area contributed by atoms with Gasteiger partial charge in [0, 0.05) is 58.5 Å². The van der Waals surface area contributed by atoms with Crippen molar-refractivity contribution in [3.05, 3.63) is 24.0 Å². The van der Waals surface area contributed by atoms with Crippen molar-refractivity contribution >= 4 is 23.4 Å². The molecule has 0 saturated carbocycles. The van der Waals surface area contributed by atoms with Gasteiger partial charge in [-0.1, -0.05) is 0 Å². The Morgan fingerprint density at radius 3 is 2.60 bits per heavy atom. The molecule has 8 heteroatoms. The van der Waals surface area contributed by atoms with Crippen LogP contribution in [0.4, 0.5) is 0 Å². The summed E-state index contributed by atoms with van der Waals surface area (Å²) in [5.74, 6) is -0.217. The van der Waals surface area contributed by atoms with E-state index in [0.717, 1.165) is 12.0 Å². The molecule has 0 unspecified atom stereocenters. The topological polar surface area (TPSA) is 87.0 Å². The summed E-state index contributed by atoms with van der Waals surface area (Å²) < 4.78 is 1.93. The van der Waals surface area contributed by atoms with Gasteiger partial charge in [-0.25, -0.2) is 5.43 Å². The largest absolute Gasteiger partial charge is 0.357 e. The Bertz CT molecular complexity index is 709. The van der Waals surface area contributed by atoms with Crippen LogP contribution in [0.2, 0.25) is 0 Å². The summed E-state index contributed by atoms with van der Waals surface area (Å²) in [4.78, 5) is 39.7. The third kappa shape index (κ3) is 4.26. The molecule has 3 heterocycles. The van der Waals surface area contributed by atoms with Crippen LogP contribution < -0.4 is 5.43 Å². The van der Waals surface area contributed by atoms with Gasteiger partial charge in [0.1, 0.15) is 5.71 Å². The van der Waals surface area contributed by atoms with Crippen LogP contribution in [0.5, 0.6) is 0 Å². The number of hydrazone groups is 1. The van der Waals surface area contributed by atoms with Gasteiger partial charge < -0.3 is 14.4 Å². The zero-order chi connectivity index (χ0) is 17.8. The second kappa shape index (κ2) is 7.50. The maximum Gasteiger partial charge on any atom is 0.270 e. The second-order valence-corrected chi connectivity index (χ2v) is 6.48. The molecule has 1 aromatic rings. The van der Waals surface area contributed by atoms with Gasteiger partial charge in [-0.3, -0.25) is 14.4 Å². The molecule has 3 rings (SSSR count). The average Bonchev–Trinajstić information content (AvgIpc) is 2.86. The number of amides is 3. The van der Waals surface area contributed by atoms with Crippen molar-refractivity contribution in [2.75, 3.05) is 26.2 Å². The lowest BCUT2D eigenvalue weighted by molar-refractivity contribution is -0.131. The molecule has 2 aliphatic rings. The molecule has 25 heavy (non-hydrogen) atoms. The van der Waals surface area contributed by atoms with Crippen LogP contribution in [-0.2, 0) is 27.9 Å². The van der Waals surface area contributed by atoms with Gasteiger partial charge in [-0.15, -0.1) is 0 Å². The molecular weight excluding hydrogens is 322 g/mol. The molecule has 0 bridgehead atoms. The Kier molecular flexibility index (Phi) is 5.16. The normalized spacial score (nSPS) is 18.4. The Hall–Kier alpha value is -2.64. The molecule has 0 aromatic carbocycles. The molecule has 2 aliphatic heterocycles. The van der Waals surface area contributed by atoms with Crippen molar-refractivity contribution in [2.45, 2.75) is 25.7 Å². The summed E-state index contributed by atoms with van der Waals surface area (Å²) in [5, 5.41) is 3.87. The van der Waals surface area contributed by atoms with Gasteiger partial charge in [-0.2, -0.15) is 5.10 Å². The van der Waals surface area contributed by atoms with E-state index in [2.05, 4.69) is 10.5 Å². The van der Waals surface area contributed by atoms with E-state index in [1.165, 1.54) is 0 Å². The van der Waals surface area contributed by atoms with E-state index in [9.17, 15) is 14.4 Å². The van der Waals surface area contributed by atoms with Crippen LogP contribution in [0.3, 0.4) is 0 Å². The van der Waals surface area contributed by atoms with Crippen LogP contribution in [0.15, 0.2) is 23.6 Å². The first kappa shape index (κ1) is 17.2. The molecule has 1 aromatic heterocycles. The number of carbonyl (C=O) groups is 3. The first-order valence-corrected chi connectivity index (χ1v) is 8.56. The number of hydrogen-bond donors (Lipinski definition) is 1. The van der Waals surface area contributed by atoms with Crippen molar-refractivity contribution in [1.82, 2.24) is 19.8 Å². The van der Waals surface area contributed by atoms with Gasteiger partial charge in [0.05, 0.1) is 6.42 Å². The van der Waals surface area contributed by atoms with Gasteiger partial charge in [0.15, 0.2) is 0 Å². The summed E-state index contributed by atoms with van der Waals surface area (Å²) >= 11 is 0. The summed E-state index contributed by atoms with van der Waals surface area (Å²) in [6, 6.07) is 1.95. The fraction of sp³-hybridized carbons (Fsp3) is 0.529. The third-order valence-electron chi connectivity index (χ3n) is 4.54. The lowest BCUT2D eigenvalue weighted by atomic mass is 10.1. The molecule has 0 radical (unpaired) electrons. The summed E-state index contributed by atoms with van der Waals surface area (Å²) in [6.45, 7) is 2.27. The number of rotatable bonds is 3. The number of aromatic nitrogens is 1. The van der Waals surface area contributed by atoms with E-state index in [0.29, 0.717) is 51.2 Å². The van der Waals surface area contributed by atoms with Crippen LogP contribution in [0.1, 0.15) is 24.8 Å². The van der Waals surface area contributed by atoms with Gasteiger partial charge in [0.2, 0.25) is 11.8 Å². The summed E-state index contributed by atoms with van der Waals surface area (Å²) in [5.41, 5.74) is 3.75. The third-order valence-corrected chi connectivity index (χ3v) is 4.54. The fourth-order valence-electron chi connectivity index (χ4n) is 3.13. The molecule has 0 atom stereocenters. The molecule has 8 nitrogen and oxygen atoms in total. The summed E-state index contributed by atoms with van der Waals surface area (Å²) in [6.07, 6.45) is 5.66. The predicted molar refractivity (Wildman–Crippen MR) is 91.7 cm³/mol. The van der Waals surface area contributed by atoms with Crippen molar-refractivity contribution in [3.63, 3.8) is 0 Å². The predicted octanol–water partition coefficient (Wildman–Crippen LogP) is -0.105. The molecule has 1 N–H and O–H groups in total. The van der Waals surface area contributed by atoms with E-state index in [-0.39, 0.29) is 17.7 Å². The van der Waals surface area contributed by atoms with Crippen LogP contribution in [0, 0.1) is 0 Å². The minimum absolute atomic E-state index is 0.0859. The van der Waals surface area contributed by atoms with Crippen LogP contribution in [-0.4, -0.2) is 64.0 Å². The average molecular weight is 345 g/mol. The van der Waals surface area contributed by atoms with Crippen molar-refractivity contribution in [1.29, 1.82) is 0 Å². The number of nitrogens with zero attached hydrogens (tertiary/aromatic N) is 4. The highest BCUT2D eigenvalue weighted by Gasteiger charge is 2.26. The van der Waals surface area contributed by atoms with Crippen molar-refractivity contribution in [2.24, 2.45) is 12.1 Å². The first-order valence-electron chi connectivity index (χ1n) is 8.56. The highest BCUT2D eigenvalue weighted by molar-refractivity contribution is 6.39. The van der Waals surface area contributed by atoms with E-state index in [1.54, 1.807) is 4.90 Å². The lowest BCUT2D eigenvalue weighted by Crippen LogP contribution is -2.42. The van der Waals surface area contributed by atoms with Crippen LogP contribution >= 0.6 is 0 Å². The highest BCUT2D eigenvalue weighted by atomic mass is 16.2. The van der Waals surface area contributed by atoms with Crippen molar-refractivity contribution < 1.29 is 14.4 Å². The number of aryl methyl sites for hydroxylation is 1. The van der Waals surface area contributed by atoms with E-state index in [4.69, 9.17) is 0 Å². The Morgan fingerprint density at radius 2 is 1.92 bits per heavy atom. The molecule has 0 aliphatic carbocycles. The standard InChI is InChI=1S/C17H23N5O3/c1-20-8-5-13(12-20)11-16(24)21-6-2-7-22(10-9-21)17(25)14-3-4-15(23)19-18-14/h5,8,12H,2-4,6-7,9-11H2,1H3,(H,19,23). The Morgan fingerprint density at radius 1 is 1.16 bits per heavy atom. The zero-order valence-electron chi connectivity index (χ0n) is 14.4. The van der Waals surface area contributed by atoms with E-state index < -0.39 is 0 Å². The van der Waals surface area contributed by atoms with E-state index >= 15 is 0 Å². The molecule has 3 amide bonds. The number of nitrogens with one attached hydrogen (secondary N) is 1. The monoisotopic (exact) mass is 345 g/mol.